The number of hydrogen-bond donors (Lipinski definition) is 2. The number of ether oxygens (including phenoxy) is 2. The Hall–Kier alpha value is -2.25. The molecule has 0 radical (unpaired) electrons. The van der Waals surface area contributed by atoms with Crippen LogP contribution in [0.25, 0.3) is 0 Å². The molecular weight excluding hydrogens is 412 g/mol. The summed E-state index contributed by atoms with van der Waals surface area (Å²) in [5.41, 5.74) is 3.86. The molecule has 0 fully saturated rings. The first-order valence-corrected chi connectivity index (χ1v) is 8.35. The van der Waals surface area contributed by atoms with Crippen molar-refractivity contribution in [1.29, 1.82) is 0 Å². The summed E-state index contributed by atoms with van der Waals surface area (Å²) >= 11 is 9.14. The summed E-state index contributed by atoms with van der Waals surface area (Å²) in [6, 6.07) is 8.37. The zero-order chi connectivity index (χ0) is 18.4. The number of carbonyl (C=O) groups excluding carboxylic acids is 1. The predicted octanol–water partition coefficient (Wildman–Crippen LogP) is 3.65. The van der Waals surface area contributed by atoms with Gasteiger partial charge in [0.2, 0.25) is 0 Å². The van der Waals surface area contributed by atoms with E-state index in [0.29, 0.717) is 26.6 Å². The van der Waals surface area contributed by atoms with Gasteiger partial charge in [0.1, 0.15) is 5.75 Å². The van der Waals surface area contributed by atoms with Crippen LogP contribution in [0.2, 0.25) is 5.02 Å². The van der Waals surface area contributed by atoms with Crippen molar-refractivity contribution >= 4 is 39.7 Å². The Balaban J connectivity index is 1.90. The minimum absolute atomic E-state index is 0.00431. The van der Waals surface area contributed by atoms with Crippen molar-refractivity contribution in [2.75, 3.05) is 13.7 Å². The maximum absolute atomic E-state index is 11.8. The van der Waals surface area contributed by atoms with Crippen molar-refractivity contribution in [2.45, 2.75) is 6.92 Å². The zero-order valence-corrected chi connectivity index (χ0v) is 15.9. The molecule has 0 spiro atoms. The van der Waals surface area contributed by atoms with E-state index in [1.54, 1.807) is 30.3 Å². The molecule has 6 nitrogen and oxygen atoms in total. The summed E-state index contributed by atoms with van der Waals surface area (Å²) in [5.74, 6) is 0.431. The van der Waals surface area contributed by atoms with Crippen LogP contribution in [-0.2, 0) is 4.79 Å². The number of carbonyl (C=O) groups is 1. The molecule has 25 heavy (non-hydrogen) atoms. The molecule has 132 valence electrons. The molecule has 0 aliphatic rings. The largest absolute Gasteiger partial charge is 0.503 e. The fraction of sp³-hybridized carbons (Fsp3) is 0.176. The number of hydrazone groups is 1. The molecular formula is C17H16BrClN2O4. The van der Waals surface area contributed by atoms with E-state index >= 15 is 0 Å². The summed E-state index contributed by atoms with van der Waals surface area (Å²) in [5, 5.41) is 14.2. The highest BCUT2D eigenvalue weighted by Gasteiger charge is 2.08. The third kappa shape index (κ3) is 5.37. The molecule has 2 N–H and O–H groups in total. The molecule has 2 aromatic rings. The number of halogens is 2. The molecule has 0 aliphatic heterocycles. The van der Waals surface area contributed by atoms with E-state index in [4.69, 9.17) is 21.1 Å². The third-order valence-corrected chi connectivity index (χ3v) is 4.20. The number of nitrogens with zero attached hydrogens (tertiary/aromatic N) is 1. The first-order valence-electron chi connectivity index (χ1n) is 7.18. The Kier molecular flexibility index (Phi) is 6.66. The summed E-state index contributed by atoms with van der Waals surface area (Å²) in [6.07, 6.45) is 1.43. The minimum Gasteiger partial charge on any atom is -0.503 e. The monoisotopic (exact) mass is 426 g/mol. The van der Waals surface area contributed by atoms with E-state index in [-0.39, 0.29) is 12.4 Å². The highest BCUT2D eigenvalue weighted by atomic mass is 79.9. The van der Waals surface area contributed by atoms with E-state index < -0.39 is 5.91 Å². The standard InChI is InChI=1S/C17H16BrClN2O4/c1-10-5-12(3-4-14(10)19)25-9-16(22)21-20-8-11-6-13(18)17(23)15(7-11)24-2/h3-8,23H,9H2,1-2H3,(H,21,22)/b20-8+. The smallest absolute Gasteiger partial charge is 0.277 e. The average Bonchev–Trinajstić information content (AvgIpc) is 2.59. The molecule has 0 heterocycles. The van der Waals surface area contributed by atoms with Crippen molar-refractivity contribution in [3.63, 3.8) is 0 Å². The van der Waals surface area contributed by atoms with E-state index in [1.807, 2.05) is 6.92 Å². The Morgan fingerprint density at radius 2 is 2.16 bits per heavy atom. The normalized spacial score (nSPS) is 10.7. The molecule has 0 aromatic heterocycles. The first-order chi connectivity index (χ1) is 11.9. The molecule has 0 atom stereocenters. The van der Waals surface area contributed by atoms with Gasteiger partial charge in [0.15, 0.2) is 18.1 Å². The second-order valence-corrected chi connectivity index (χ2v) is 6.31. The number of benzene rings is 2. The number of rotatable bonds is 6. The van der Waals surface area contributed by atoms with Crippen LogP contribution in [0.4, 0.5) is 0 Å². The number of methoxy groups -OCH3 is 1. The average molecular weight is 428 g/mol. The highest BCUT2D eigenvalue weighted by molar-refractivity contribution is 9.10. The number of amides is 1. The Bertz CT molecular complexity index is 811. The van der Waals surface area contributed by atoms with Crippen LogP contribution in [0.1, 0.15) is 11.1 Å². The molecule has 0 saturated heterocycles. The van der Waals surface area contributed by atoms with Crippen LogP contribution in [-0.4, -0.2) is 30.9 Å². The Labute approximate surface area is 158 Å². The second-order valence-electron chi connectivity index (χ2n) is 5.05. The van der Waals surface area contributed by atoms with Crippen LogP contribution < -0.4 is 14.9 Å². The molecule has 0 unspecified atom stereocenters. The van der Waals surface area contributed by atoms with Gasteiger partial charge in [0, 0.05) is 5.02 Å². The topological polar surface area (TPSA) is 80.2 Å². The molecule has 0 saturated carbocycles. The van der Waals surface area contributed by atoms with Gasteiger partial charge in [-0.15, -0.1) is 0 Å². The van der Waals surface area contributed by atoms with Crippen LogP contribution in [0.5, 0.6) is 17.2 Å². The molecule has 0 aliphatic carbocycles. The number of nitrogens with one attached hydrogen (secondary N) is 1. The van der Waals surface area contributed by atoms with Crippen LogP contribution in [0.3, 0.4) is 0 Å². The van der Waals surface area contributed by atoms with Crippen LogP contribution in [0, 0.1) is 6.92 Å². The SMILES string of the molecule is COc1cc(/C=N/NC(=O)COc2ccc(Cl)c(C)c2)cc(Br)c1O. The Morgan fingerprint density at radius 1 is 1.40 bits per heavy atom. The third-order valence-electron chi connectivity index (χ3n) is 3.17. The summed E-state index contributed by atoms with van der Waals surface area (Å²) in [6.45, 7) is 1.67. The number of hydrogen-bond acceptors (Lipinski definition) is 5. The van der Waals surface area contributed by atoms with Gasteiger partial charge in [-0.05, 0) is 64.3 Å². The zero-order valence-electron chi connectivity index (χ0n) is 13.5. The molecule has 0 bridgehead atoms. The lowest BCUT2D eigenvalue weighted by Gasteiger charge is -2.07. The van der Waals surface area contributed by atoms with Crippen LogP contribution >= 0.6 is 27.5 Å². The van der Waals surface area contributed by atoms with Gasteiger partial charge in [0.05, 0.1) is 17.8 Å². The van der Waals surface area contributed by atoms with Gasteiger partial charge in [-0.2, -0.15) is 5.10 Å². The minimum atomic E-state index is -0.409. The molecule has 2 aromatic carbocycles. The number of aromatic hydroxyl groups is 1. The van der Waals surface area contributed by atoms with Gasteiger partial charge in [-0.3, -0.25) is 4.79 Å². The predicted molar refractivity (Wildman–Crippen MR) is 99.8 cm³/mol. The maximum atomic E-state index is 11.8. The van der Waals surface area contributed by atoms with Gasteiger partial charge in [0.25, 0.3) is 5.91 Å². The first kappa shape index (κ1) is 19.1. The van der Waals surface area contributed by atoms with Crippen molar-refractivity contribution in [1.82, 2.24) is 5.43 Å². The Morgan fingerprint density at radius 3 is 2.84 bits per heavy atom. The molecule has 1 amide bonds. The van der Waals surface area contributed by atoms with Crippen molar-refractivity contribution in [2.24, 2.45) is 5.10 Å². The van der Waals surface area contributed by atoms with E-state index in [9.17, 15) is 9.90 Å². The van der Waals surface area contributed by atoms with Gasteiger partial charge in [-0.25, -0.2) is 5.43 Å². The summed E-state index contributed by atoms with van der Waals surface area (Å²) < 4.78 is 10.9. The number of aryl methyl sites for hydroxylation is 1. The van der Waals surface area contributed by atoms with Crippen molar-refractivity contribution < 1.29 is 19.4 Å². The lowest BCUT2D eigenvalue weighted by molar-refractivity contribution is -0.123. The summed E-state index contributed by atoms with van der Waals surface area (Å²) in [4.78, 5) is 11.8. The van der Waals surface area contributed by atoms with Gasteiger partial charge >= 0.3 is 0 Å². The number of phenolic OH excluding ortho intramolecular Hbond substituents is 1. The lowest BCUT2D eigenvalue weighted by atomic mass is 10.2. The van der Waals surface area contributed by atoms with Crippen molar-refractivity contribution in [3.8, 4) is 17.2 Å². The van der Waals surface area contributed by atoms with Crippen LogP contribution in [0.15, 0.2) is 39.9 Å². The highest BCUT2D eigenvalue weighted by Crippen LogP contribution is 2.34. The quantitative estimate of drug-likeness (QED) is 0.545. The molecule has 8 heteroatoms. The fourth-order valence-corrected chi connectivity index (χ4v) is 2.47. The van der Waals surface area contributed by atoms with Crippen molar-refractivity contribution in [3.05, 3.63) is 51.0 Å². The maximum Gasteiger partial charge on any atom is 0.277 e. The fourth-order valence-electron chi connectivity index (χ4n) is 1.89. The second kappa shape index (κ2) is 8.73. The number of phenols is 1. The van der Waals surface area contributed by atoms with Gasteiger partial charge < -0.3 is 14.6 Å². The van der Waals surface area contributed by atoms with Gasteiger partial charge in [-0.1, -0.05) is 11.6 Å². The van der Waals surface area contributed by atoms with E-state index in [2.05, 4.69) is 26.5 Å². The van der Waals surface area contributed by atoms with E-state index in [1.165, 1.54) is 13.3 Å². The van der Waals surface area contributed by atoms with E-state index in [0.717, 1.165) is 5.56 Å². The summed E-state index contributed by atoms with van der Waals surface area (Å²) in [7, 11) is 1.44. The lowest BCUT2D eigenvalue weighted by Crippen LogP contribution is -2.24. The molecule has 2 rings (SSSR count).